The van der Waals surface area contributed by atoms with Crippen molar-refractivity contribution < 1.29 is 4.79 Å². The fraction of sp³-hybridized carbons (Fsp3) is 0.267. The molecule has 2 aromatic carbocycles. The Morgan fingerprint density at radius 3 is 2.31 bits per heavy atom. The fourth-order valence-electron chi connectivity index (χ4n) is 2.09. The number of aryl methyl sites for hydroxylation is 1. The number of aldehydes is 1. The minimum Gasteiger partial charge on any atom is -0.302 e. The average Bonchev–Trinajstić information content (AvgIpc) is 2.29. The first-order valence-electron chi connectivity index (χ1n) is 5.51. The fourth-order valence-corrected chi connectivity index (χ4v) is 2.09. The van der Waals surface area contributed by atoms with Crippen molar-refractivity contribution in [3.05, 3.63) is 47.5 Å². The van der Waals surface area contributed by atoms with Crippen LogP contribution in [0.1, 0.15) is 25.0 Å². The number of fused-ring (bicyclic) bond motifs is 1. The van der Waals surface area contributed by atoms with E-state index < -0.39 is 5.41 Å². The molecule has 0 aliphatic carbocycles. The molecule has 82 valence electrons. The molecule has 0 aliphatic rings. The van der Waals surface area contributed by atoms with E-state index in [1.165, 1.54) is 16.3 Å². The second kappa shape index (κ2) is 3.75. The Labute approximate surface area is 96.1 Å². The van der Waals surface area contributed by atoms with Crippen LogP contribution in [0.25, 0.3) is 10.8 Å². The van der Waals surface area contributed by atoms with Gasteiger partial charge >= 0.3 is 0 Å². The standard InChI is InChI=1S/C15H16O/c1-11-6-4-8-13-12(11)7-5-9-14(13)15(2,3)10-16/h4-10H,1-3H3. The van der Waals surface area contributed by atoms with Gasteiger partial charge in [0, 0.05) is 5.41 Å². The van der Waals surface area contributed by atoms with Crippen LogP contribution in [0.4, 0.5) is 0 Å². The van der Waals surface area contributed by atoms with Gasteiger partial charge < -0.3 is 4.79 Å². The molecular formula is C15H16O. The molecule has 0 radical (unpaired) electrons. The molecule has 0 aliphatic heterocycles. The molecule has 0 unspecified atom stereocenters. The average molecular weight is 212 g/mol. The van der Waals surface area contributed by atoms with Gasteiger partial charge in [0.1, 0.15) is 6.29 Å². The lowest BCUT2D eigenvalue weighted by Gasteiger charge is -2.20. The van der Waals surface area contributed by atoms with Crippen LogP contribution in [0.2, 0.25) is 0 Å². The molecule has 0 fully saturated rings. The van der Waals surface area contributed by atoms with E-state index in [1.807, 2.05) is 32.0 Å². The number of rotatable bonds is 2. The van der Waals surface area contributed by atoms with Gasteiger partial charge in [-0.3, -0.25) is 0 Å². The number of benzene rings is 2. The first kappa shape index (κ1) is 10.9. The monoisotopic (exact) mass is 212 g/mol. The predicted molar refractivity (Wildman–Crippen MR) is 67.8 cm³/mol. The number of carbonyl (C=O) groups excluding carboxylic acids is 1. The molecule has 0 N–H and O–H groups in total. The van der Waals surface area contributed by atoms with Crippen molar-refractivity contribution >= 4 is 17.1 Å². The van der Waals surface area contributed by atoms with Crippen LogP contribution < -0.4 is 0 Å². The zero-order chi connectivity index (χ0) is 11.8. The Bertz CT molecular complexity index is 538. The Morgan fingerprint density at radius 2 is 1.62 bits per heavy atom. The summed E-state index contributed by atoms with van der Waals surface area (Å²) in [5.74, 6) is 0. The summed E-state index contributed by atoms with van der Waals surface area (Å²) in [5, 5.41) is 2.41. The molecule has 0 atom stereocenters. The van der Waals surface area contributed by atoms with E-state index in [9.17, 15) is 4.79 Å². The van der Waals surface area contributed by atoms with E-state index in [2.05, 4.69) is 25.1 Å². The quantitative estimate of drug-likeness (QED) is 0.695. The van der Waals surface area contributed by atoms with Gasteiger partial charge in [0.2, 0.25) is 0 Å². The summed E-state index contributed by atoms with van der Waals surface area (Å²) in [4.78, 5) is 11.2. The highest BCUT2D eigenvalue weighted by atomic mass is 16.1. The van der Waals surface area contributed by atoms with E-state index in [1.54, 1.807) is 0 Å². The Morgan fingerprint density at radius 1 is 1.00 bits per heavy atom. The van der Waals surface area contributed by atoms with Crippen LogP contribution >= 0.6 is 0 Å². The summed E-state index contributed by atoms with van der Waals surface area (Å²) in [6, 6.07) is 12.4. The molecule has 2 rings (SSSR count). The van der Waals surface area contributed by atoms with E-state index >= 15 is 0 Å². The molecule has 16 heavy (non-hydrogen) atoms. The lowest BCUT2D eigenvalue weighted by Crippen LogP contribution is -2.19. The van der Waals surface area contributed by atoms with Crippen molar-refractivity contribution in [2.75, 3.05) is 0 Å². The van der Waals surface area contributed by atoms with Gasteiger partial charge in [0.05, 0.1) is 0 Å². The van der Waals surface area contributed by atoms with Gasteiger partial charge in [-0.25, -0.2) is 0 Å². The van der Waals surface area contributed by atoms with Crippen molar-refractivity contribution in [3.8, 4) is 0 Å². The molecule has 2 aromatic rings. The third-order valence-electron chi connectivity index (χ3n) is 3.13. The smallest absolute Gasteiger partial charge is 0.129 e. The summed E-state index contributed by atoms with van der Waals surface area (Å²) in [6.45, 7) is 6.01. The summed E-state index contributed by atoms with van der Waals surface area (Å²) < 4.78 is 0. The first-order valence-corrected chi connectivity index (χ1v) is 5.51. The van der Waals surface area contributed by atoms with Crippen molar-refractivity contribution in [1.82, 2.24) is 0 Å². The minimum absolute atomic E-state index is 0.423. The summed E-state index contributed by atoms with van der Waals surface area (Å²) in [7, 11) is 0. The van der Waals surface area contributed by atoms with Crippen LogP contribution in [0.15, 0.2) is 36.4 Å². The van der Waals surface area contributed by atoms with Crippen LogP contribution in [0, 0.1) is 6.92 Å². The lowest BCUT2D eigenvalue weighted by atomic mass is 9.82. The maximum absolute atomic E-state index is 11.2. The first-order chi connectivity index (χ1) is 7.56. The zero-order valence-electron chi connectivity index (χ0n) is 9.95. The third-order valence-corrected chi connectivity index (χ3v) is 3.13. The van der Waals surface area contributed by atoms with Gasteiger partial charge in [0.25, 0.3) is 0 Å². The predicted octanol–water partition coefficient (Wildman–Crippen LogP) is 3.62. The normalized spacial score (nSPS) is 11.7. The van der Waals surface area contributed by atoms with Gasteiger partial charge in [-0.1, -0.05) is 36.4 Å². The van der Waals surface area contributed by atoms with E-state index in [4.69, 9.17) is 0 Å². The summed E-state index contributed by atoms with van der Waals surface area (Å²) >= 11 is 0. The van der Waals surface area contributed by atoms with Gasteiger partial charge in [-0.15, -0.1) is 0 Å². The van der Waals surface area contributed by atoms with Gasteiger partial charge in [-0.2, -0.15) is 0 Å². The molecule has 1 nitrogen and oxygen atoms in total. The van der Waals surface area contributed by atoms with E-state index in [0.717, 1.165) is 11.8 Å². The molecule has 0 spiro atoms. The largest absolute Gasteiger partial charge is 0.302 e. The second-order valence-corrected chi connectivity index (χ2v) is 4.82. The van der Waals surface area contributed by atoms with Crippen molar-refractivity contribution in [3.63, 3.8) is 0 Å². The maximum Gasteiger partial charge on any atom is 0.129 e. The topological polar surface area (TPSA) is 17.1 Å². The van der Waals surface area contributed by atoms with Crippen LogP contribution in [0.5, 0.6) is 0 Å². The molecule has 0 bridgehead atoms. The third kappa shape index (κ3) is 1.63. The Hall–Kier alpha value is -1.63. The highest BCUT2D eigenvalue weighted by Gasteiger charge is 2.21. The Balaban J connectivity index is 2.82. The molecule has 0 saturated carbocycles. The molecular weight excluding hydrogens is 196 g/mol. The van der Waals surface area contributed by atoms with Crippen molar-refractivity contribution in [2.45, 2.75) is 26.2 Å². The highest BCUT2D eigenvalue weighted by molar-refractivity contribution is 5.91. The summed E-state index contributed by atoms with van der Waals surface area (Å²) in [5.41, 5.74) is 1.93. The van der Waals surface area contributed by atoms with Crippen molar-refractivity contribution in [2.24, 2.45) is 0 Å². The number of hydrogen-bond acceptors (Lipinski definition) is 1. The summed E-state index contributed by atoms with van der Waals surface area (Å²) in [6.07, 6.45) is 1.02. The van der Waals surface area contributed by atoms with Crippen molar-refractivity contribution in [1.29, 1.82) is 0 Å². The SMILES string of the molecule is Cc1cccc2c(C(C)(C)C=O)cccc12. The zero-order valence-corrected chi connectivity index (χ0v) is 9.95. The molecule has 0 heterocycles. The lowest BCUT2D eigenvalue weighted by molar-refractivity contribution is -0.111. The molecule has 0 aromatic heterocycles. The van der Waals surface area contributed by atoms with Crippen LogP contribution in [0.3, 0.4) is 0 Å². The van der Waals surface area contributed by atoms with E-state index in [0.29, 0.717) is 0 Å². The van der Waals surface area contributed by atoms with Gasteiger partial charge in [0.15, 0.2) is 0 Å². The highest BCUT2D eigenvalue weighted by Crippen LogP contribution is 2.30. The Kier molecular flexibility index (Phi) is 2.55. The van der Waals surface area contributed by atoms with E-state index in [-0.39, 0.29) is 0 Å². The molecule has 1 heteroatoms. The minimum atomic E-state index is -0.423. The van der Waals surface area contributed by atoms with Crippen LogP contribution in [-0.2, 0) is 10.2 Å². The number of hydrogen-bond donors (Lipinski definition) is 0. The molecule has 0 amide bonds. The second-order valence-electron chi connectivity index (χ2n) is 4.82. The maximum atomic E-state index is 11.2. The van der Waals surface area contributed by atoms with Crippen LogP contribution in [-0.4, -0.2) is 6.29 Å². The number of carbonyl (C=O) groups is 1. The molecule has 0 saturated heterocycles. The van der Waals surface area contributed by atoms with Gasteiger partial charge in [-0.05, 0) is 42.7 Å².